The minimum Gasteiger partial charge on any atom is -0.352 e. The maximum Gasteiger partial charge on any atom is 0.264 e. The lowest BCUT2D eigenvalue weighted by molar-refractivity contribution is 0.0751. The molecule has 0 saturated carbocycles. The van der Waals surface area contributed by atoms with Crippen molar-refractivity contribution >= 4 is 45.7 Å². The number of nitrogens with zero attached hydrogens (tertiary/aromatic N) is 6. The van der Waals surface area contributed by atoms with Gasteiger partial charge in [0.15, 0.2) is 5.65 Å². The van der Waals surface area contributed by atoms with Crippen molar-refractivity contribution < 1.29 is 4.79 Å². The summed E-state index contributed by atoms with van der Waals surface area (Å²) in [5, 5.41) is 8.01. The predicted molar refractivity (Wildman–Crippen MR) is 119 cm³/mol. The number of hydrogen-bond acceptors (Lipinski definition) is 6. The minimum atomic E-state index is 0.0995. The van der Waals surface area contributed by atoms with Crippen LogP contribution in [0.4, 0.5) is 5.82 Å². The molecule has 4 aromatic rings. The molecule has 0 N–H and O–H groups in total. The van der Waals surface area contributed by atoms with Crippen molar-refractivity contribution in [3.8, 4) is 5.69 Å². The summed E-state index contributed by atoms with van der Waals surface area (Å²) < 4.78 is 1.79. The van der Waals surface area contributed by atoms with E-state index in [9.17, 15) is 4.79 Å². The average molecular weight is 439 g/mol. The molecule has 30 heavy (non-hydrogen) atoms. The summed E-state index contributed by atoms with van der Waals surface area (Å²) in [7, 11) is 0. The van der Waals surface area contributed by atoms with Crippen LogP contribution in [0.3, 0.4) is 0 Å². The molecule has 0 unspecified atom stereocenters. The van der Waals surface area contributed by atoms with E-state index in [2.05, 4.69) is 15.0 Å². The van der Waals surface area contributed by atoms with Crippen molar-refractivity contribution in [2.24, 2.45) is 0 Å². The number of aromatic nitrogens is 4. The van der Waals surface area contributed by atoms with Crippen molar-refractivity contribution in [2.75, 3.05) is 31.1 Å². The summed E-state index contributed by atoms with van der Waals surface area (Å²) >= 11 is 7.64. The first-order valence-electron chi connectivity index (χ1n) is 9.66. The fourth-order valence-electron chi connectivity index (χ4n) is 3.71. The summed E-state index contributed by atoms with van der Waals surface area (Å²) in [6.45, 7) is 4.62. The van der Waals surface area contributed by atoms with Crippen molar-refractivity contribution in [1.29, 1.82) is 0 Å². The zero-order valence-corrected chi connectivity index (χ0v) is 17.9. The van der Waals surface area contributed by atoms with Crippen LogP contribution in [0.25, 0.3) is 16.7 Å². The molecule has 1 aromatic carbocycles. The van der Waals surface area contributed by atoms with Crippen molar-refractivity contribution in [1.82, 2.24) is 24.6 Å². The maximum absolute atomic E-state index is 12.6. The zero-order valence-electron chi connectivity index (χ0n) is 16.3. The molecular weight excluding hydrogens is 420 g/mol. The average Bonchev–Trinajstić information content (AvgIpc) is 3.43. The monoisotopic (exact) mass is 438 g/mol. The second-order valence-electron chi connectivity index (χ2n) is 7.12. The molecule has 5 rings (SSSR count). The number of anilines is 1. The molecule has 0 aliphatic carbocycles. The van der Waals surface area contributed by atoms with Crippen LogP contribution in [-0.4, -0.2) is 56.7 Å². The molecular formula is C21H19ClN6OS. The van der Waals surface area contributed by atoms with Crippen LogP contribution >= 0.6 is 22.9 Å². The Balaban J connectivity index is 1.43. The lowest BCUT2D eigenvalue weighted by Crippen LogP contribution is -2.49. The summed E-state index contributed by atoms with van der Waals surface area (Å²) in [6, 6.07) is 11.3. The van der Waals surface area contributed by atoms with Crippen LogP contribution < -0.4 is 4.90 Å². The Kier molecular flexibility index (Phi) is 4.88. The number of hydrogen-bond donors (Lipinski definition) is 0. The van der Waals surface area contributed by atoms with Crippen molar-refractivity contribution in [2.45, 2.75) is 6.92 Å². The van der Waals surface area contributed by atoms with E-state index in [0.717, 1.165) is 27.4 Å². The van der Waals surface area contributed by atoms with Crippen LogP contribution in [0.5, 0.6) is 0 Å². The molecule has 4 heterocycles. The first-order chi connectivity index (χ1) is 14.6. The van der Waals surface area contributed by atoms with E-state index in [-0.39, 0.29) is 5.91 Å². The number of fused-ring (bicyclic) bond motifs is 1. The van der Waals surface area contributed by atoms with Gasteiger partial charge in [-0.3, -0.25) is 4.79 Å². The lowest BCUT2D eigenvalue weighted by atomic mass is 10.2. The van der Waals surface area contributed by atoms with Gasteiger partial charge in [0.25, 0.3) is 5.91 Å². The van der Waals surface area contributed by atoms with Crippen molar-refractivity contribution in [3.05, 3.63) is 63.7 Å². The van der Waals surface area contributed by atoms with Gasteiger partial charge in [-0.2, -0.15) is 5.10 Å². The first kappa shape index (κ1) is 19.0. The van der Waals surface area contributed by atoms with Gasteiger partial charge in [0.1, 0.15) is 11.6 Å². The van der Waals surface area contributed by atoms with Gasteiger partial charge in [0.05, 0.1) is 22.1 Å². The number of benzene rings is 1. The number of piperazine rings is 1. The predicted octanol–water partition coefficient (Wildman–Crippen LogP) is 3.80. The van der Waals surface area contributed by atoms with E-state index in [1.54, 1.807) is 10.9 Å². The third kappa shape index (κ3) is 3.42. The second-order valence-corrected chi connectivity index (χ2v) is 8.51. The van der Waals surface area contributed by atoms with E-state index in [1.807, 2.05) is 53.6 Å². The number of aryl methyl sites for hydroxylation is 1. The third-order valence-electron chi connectivity index (χ3n) is 5.17. The zero-order chi connectivity index (χ0) is 20.7. The van der Waals surface area contributed by atoms with Gasteiger partial charge in [-0.05, 0) is 36.6 Å². The lowest BCUT2D eigenvalue weighted by Gasteiger charge is -2.35. The van der Waals surface area contributed by atoms with E-state index >= 15 is 0 Å². The number of halogens is 1. The third-order valence-corrected chi connectivity index (χ3v) is 6.26. The highest BCUT2D eigenvalue weighted by Crippen LogP contribution is 2.27. The molecule has 9 heteroatoms. The quantitative estimate of drug-likeness (QED) is 0.486. The van der Waals surface area contributed by atoms with E-state index in [0.29, 0.717) is 37.0 Å². The second kappa shape index (κ2) is 7.70. The van der Waals surface area contributed by atoms with E-state index in [1.165, 1.54) is 11.3 Å². The molecule has 0 bridgehead atoms. The Morgan fingerprint density at radius 1 is 1.10 bits per heavy atom. The Morgan fingerprint density at radius 2 is 1.93 bits per heavy atom. The number of carbonyl (C=O) groups is 1. The molecule has 152 valence electrons. The van der Waals surface area contributed by atoms with Gasteiger partial charge in [-0.15, -0.1) is 11.3 Å². The molecule has 0 atom stereocenters. The van der Waals surface area contributed by atoms with Gasteiger partial charge in [0, 0.05) is 31.2 Å². The molecule has 1 saturated heterocycles. The maximum atomic E-state index is 12.6. The molecule has 1 fully saturated rings. The summed E-state index contributed by atoms with van der Waals surface area (Å²) in [4.78, 5) is 26.9. The fraction of sp³-hybridized carbons (Fsp3) is 0.238. The van der Waals surface area contributed by atoms with Gasteiger partial charge in [0.2, 0.25) is 0 Å². The molecule has 7 nitrogen and oxygen atoms in total. The molecule has 3 aromatic heterocycles. The fourth-order valence-corrected chi connectivity index (χ4v) is 4.59. The summed E-state index contributed by atoms with van der Waals surface area (Å²) in [6.07, 6.45) is 1.80. The minimum absolute atomic E-state index is 0.0995. The Morgan fingerprint density at radius 3 is 2.67 bits per heavy atom. The number of amides is 1. The standard InChI is InChI=1S/C21H19ClN6OS/c1-14-24-19(26-7-9-27(10-8-26)21(29)18-6-3-11-30-18)17-13-23-28(20(17)25-14)16-5-2-4-15(22)12-16/h2-6,11-13H,7-10H2,1H3. The molecule has 1 amide bonds. The van der Waals surface area contributed by atoms with Crippen LogP contribution in [0.2, 0.25) is 5.02 Å². The number of carbonyl (C=O) groups excluding carboxylic acids is 1. The molecule has 0 radical (unpaired) electrons. The molecule has 1 aliphatic rings. The normalized spacial score (nSPS) is 14.5. The summed E-state index contributed by atoms with van der Waals surface area (Å²) in [5.41, 5.74) is 1.60. The smallest absolute Gasteiger partial charge is 0.264 e. The Hall–Kier alpha value is -2.97. The van der Waals surface area contributed by atoms with E-state index < -0.39 is 0 Å². The Bertz CT molecular complexity index is 1210. The van der Waals surface area contributed by atoms with Gasteiger partial charge in [-0.25, -0.2) is 14.6 Å². The van der Waals surface area contributed by atoms with Crippen LogP contribution in [0.15, 0.2) is 48.0 Å². The van der Waals surface area contributed by atoms with Gasteiger partial charge >= 0.3 is 0 Å². The van der Waals surface area contributed by atoms with E-state index in [4.69, 9.17) is 16.6 Å². The van der Waals surface area contributed by atoms with Crippen molar-refractivity contribution in [3.63, 3.8) is 0 Å². The SMILES string of the molecule is Cc1nc(N2CCN(C(=O)c3cccs3)CC2)c2cnn(-c3cccc(Cl)c3)c2n1. The van der Waals surface area contributed by atoms with Gasteiger partial charge < -0.3 is 9.80 Å². The topological polar surface area (TPSA) is 67.2 Å². The number of thiophene rings is 1. The first-order valence-corrected chi connectivity index (χ1v) is 10.9. The largest absolute Gasteiger partial charge is 0.352 e. The Labute approximate surface area is 182 Å². The molecule has 0 spiro atoms. The highest BCUT2D eigenvalue weighted by molar-refractivity contribution is 7.12. The van der Waals surface area contributed by atoms with Crippen LogP contribution in [0, 0.1) is 6.92 Å². The highest BCUT2D eigenvalue weighted by Gasteiger charge is 2.25. The van der Waals surface area contributed by atoms with Crippen LogP contribution in [0.1, 0.15) is 15.5 Å². The number of rotatable bonds is 3. The van der Waals surface area contributed by atoms with Gasteiger partial charge in [-0.1, -0.05) is 23.7 Å². The summed E-state index contributed by atoms with van der Waals surface area (Å²) in [5.74, 6) is 1.63. The molecule has 1 aliphatic heterocycles. The highest BCUT2D eigenvalue weighted by atomic mass is 35.5. The van der Waals surface area contributed by atoms with Crippen LogP contribution in [-0.2, 0) is 0 Å².